The molecule has 2 aromatic rings. The summed E-state index contributed by atoms with van der Waals surface area (Å²) in [5, 5.41) is 16.5. The molecule has 0 bridgehead atoms. The normalized spacial score (nSPS) is 15.5. The maximum atomic E-state index is 12.3. The largest absolute Gasteiger partial charge is 0.462 e. The number of ether oxygens (including phenoxy) is 1. The van der Waals surface area contributed by atoms with Crippen LogP contribution in [0.15, 0.2) is 65.7 Å². The van der Waals surface area contributed by atoms with Crippen LogP contribution in [0.3, 0.4) is 0 Å². The van der Waals surface area contributed by atoms with Crippen molar-refractivity contribution in [1.29, 1.82) is 0 Å². The minimum absolute atomic E-state index is 0.0659. The van der Waals surface area contributed by atoms with E-state index in [1.54, 1.807) is 12.1 Å². The highest BCUT2D eigenvalue weighted by molar-refractivity contribution is 5.82. The van der Waals surface area contributed by atoms with Gasteiger partial charge in [-0.1, -0.05) is 60.7 Å². The van der Waals surface area contributed by atoms with Gasteiger partial charge in [0.15, 0.2) is 5.96 Å². The van der Waals surface area contributed by atoms with Crippen LogP contribution >= 0.6 is 0 Å². The highest BCUT2D eigenvalue weighted by Gasteiger charge is 2.20. The Balaban J connectivity index is 1.58. The summed E-state index contributed by atoms with van der Waals surface area (Å²) < 4.78 is 5.29. The summed E-state index contributed by atoms with van der Waals surface area (Å²) in [4.78, 5) is 16.6. The van der Waals surface area contributed by atoms with Gasteiger partial charge >= 0.3 is 5.97 Å². The Morgan fingerprint density at radius 1 is 1.12 bits per heavy atom. The fourth-order valence-corrected chi connectivity index (χ4v) is 2.77. The van der Waals surface area contributed by atoms with Gasteiger partial charge in [-0.15, -0.1) is 0 Å². The number of aliphatic hydroxyl groups excluding tert-OH is 1. The van der Waals surface area contributed by atoms with Gasteiger partial charge < -0.3 is 20.5 Å². The van der Waals surface area contributed by atoms with E-state index in [4.69, 9.17) is 4.74 Å². The van der Waals surface area contributed by atoms with Gasteiger partial charge in [0, 0.05) is 6.54 Å². The third-order valence-corrected chi connectivity index (χ3v) is 4.14. The zero-order chi connectivity index (χ0) is 18.2. The van der Waals surface area contributed by atoms with Gasteiger partial charge in [-0.25, -0.2) is 0 Å². The van der Waals surface area contributed by atoms with Crippen molar-refractivity contribution in [3.05, 3.63) is 71.8 Å². The number of nitrogens with zero attached hydrogens (tertiary/aromatic N) is 1. The van der Waals surface area contributed by atoms with Crippen LogP contribution < -0.4 is 10.6 Å². The molecule has 0 amide bonds. The molecule has 136 valence electrons. The third-order valence-electron chi connectivity index (χ3n) is 4.14. The summed E-state index contributed by atoms with van der Waals surface area (Å²) in [6.07, 6.45) is -0.684. The summed E-state index contributed by atoms with van der Waals surface area (Å²) >= 11 is 0. The van der Waals surface area contributed by atoms with Gasteiger partial charge in [-0.3, -0.25) is 9.79 Å². The Bertz CT molecular complexity index is 734. The Kier molecular flexibility index (Phi) is 6.22. The third kappa shape index (κ3) is 5.07. The van der Waals surface area contributed by atoms with Crippen molar-refractivity contribution in [2.75, 3.05) is 19.7 Å². The Labute approximate surface area is 152 Å². The number of hydrogen-bond acceptors (Lipinski definition) is 6. The van der Waals surface area contributed by atoms with E-state index < -0.39 is 6.10 Å². The Morgan fingerprint density at radius 2 is 1.77 bits per heavy atom. The van der Waals surface area contributed by atoms with Crippen molar-refractivity contribution in [3.8, 4) is 0 Å². The summed E-state index contributed by atoms with van der Waals surface area (Å²) in [5.74, 6) is 0.316. The number of benzene rings is 2. The SMILES string of the molecule is O=C(CC(NC1=NCCN1)c1ccccc1)OCC(O)c1ccccc1. The monoisotopic (exact) mass is 353 g/mol. The number of aliphatic hydroxyl groups is 1. The highest BCUT2D eigenvalue weighted by atomic mass is 16.5. The lowest BCUT2D eigenvalue weighted by Crippen LogP contribution is -2.37. The Morgan fingerprint density at radius 3 is 2.38 bits per heavy atom. The maximum Gasteiger partial charge on any atom is 0.308 e. The average Bonchev–Trinajstić information content (AvgIpc) is 3.20. The molecule has 0 aromatic heterocycles. The van der Waals surface area contributed by atoms with Gasteiger partial charge in [-0.05, 0) is 11.1 Å². The lowest BCUT2D eigenvalue weighted by molar-refractivity contribution is -0.147. The topological polar surface area (TPSA) is 83.0 Å². The van der Waals surface area contributed by atoms with Crippen molar-refractivity contribution >= 4 is 11.9 Å². The molecule has 1 aliphatic heterocycles. The van der Waals surface area contributed by atoms with E-state index >= 15 is 0 Å². The van der Waals surface area contributed by atoms with Crippen LogP contribution in [0.2, 0.25) is 0 Å². The molecular weight excluding hydrogens is 330 g/mol. The fourth-order valence-electron chi connectivity index (χ4n) is 2.77. The van der Waals surface area contributed by atoms with Crippen molar-refractivity contribution in [1.82, 2.24) is 10.6 Å². The second kappa shape index (κ2) is 9.01. The molecule has 2 atom stereocenters. The zero-order valence-corrected chi connectivity index (χ0v) is 14.5. The van der Waals surface area contributed by atoms with Crippen molar-refractivity contribution in [2.24, 2.45) is 4.99 Å². The number of carbonyl (C=O) groups is 1. The molecule has 0 aliphatic carbocycles. The van der Waals surface area contributed by atoms with E-state index in [1.165, 1.54) is 0 Å². The molecule has 0 spiro atoms. The molecule has 6 nitrogen and oxygen atoms in total. The van der Waals surface area contributed by atoms with Crippen LogP contribution in [0, 0.1) is 0 Å². The second-order valence-corrected chi connectivity index (χ2v) is 6.08. The lowest BCUT2D eigenvalue weighted by Gasteiger charge is -2.20. The first kappa shape index (κ1) is 17.9. The van der Waals surface area contributed by atoms with Crippen LogP contribution in [-0.4, -0.2) is 36.7 Å². The van der Waals surface area contributed by atoms with Crippen LogP contribution in [0.1, 0.15) is 29.7 Å². The molecule has 0 saturated carbocycles. The Hall–Kier alpha value is -2.86. The molecular formula is C20H23N3O3. The molecule has 0 saturated heterocycles. The quantitative estimate of drug-likeness (QED) is 0.663. The molecule has 1 aliphatic rings. The van der Waals surface area contributed by atoms with E-state index in [0.29, 0.717) is 5.96 Å². The van der Waals surface area contributed by atoms with Gasteiger partial charge in [0.2, 0.25) is 0 Å². The number of guanidine groups is 1. The average molecular weight is 353 g/mol. The number of nitrogens with one attached hydrogen (secondary N) is 2. The van der Waals surface area contributed by atoms with Crippen LogP contribution in [0.25, 0.3) is 0 Å². The first-order chi connectivity index (χ1) is 12.7. The number of esters is 1. The highest BCUT2D eigenvalue weighted by Crippen LogP contribution is 2.18. The van der Waals surface area contributed by atoms with Gasteiger partial charge in [0.1, 0.15) is 12.7 Å². The first-order valence-electron chi connectivity index (χ1n) is 8.71. The first-order valence-corrected chi connectivity index (χ1v) is 8.71. The summed E-state index contributed by atoms with van der Waals surface area (Å²) in [7, 11) is 0. The molecule has 2 aromatic carbocycles. The molecule has 26 heavy (non-hydrogen) atoms. The van der Waals surface area contributed by atoms with Crippen molar-refractivity contribution in [3.63, 3.8) is 0 Å². The lowest BCUT2D eigenvalue weighted by atomic mass is 10.0. The predicted octanol–water partition coefficient (Wildman–Crippen LogP) is 1.94. The molecule has 2 unspecified atom stereocenters. The molecule has 6 heteroatoms. The van der Waals surface area contributed by atoms with Crippen molar-refractivity contribution < 1.29 is 14.6 Å². The fraction of sp³-hybridized carbons (Fsp3) is 0.300. The smallest absolute Gasteiger partial charge is 0.308 e. The van der Waals surface area contributed by atoms with Crippen molar-refractivity contribution in [2.45, 2.75) is 18.6 Å². The predicted molar refractivity (Wildman–Crippen MR) is 99.6 cm³/mol. The standard InChI is InChI=1S/C20H23N3O3/c24-18(16-9-5-2-6-10-16)14-26-19(25)13-17(15-7-3-1-4-8-15)23-20-21-11-12-22-20/h1-10,17-18,24H,11-14H2,(H2,21,22,23). The van der Waals surface area contributed by atoms with Crippen LogP contribution in [0.4, 0.5) is 0 Å². The van der Waals surface area contributed by atoms with Gasteiger partial charge in [-0.2, -0.15) is 0 Å². The van der Waals surface area contributed by atoms with Gasteiger partial charge in [0.25, 0.3) is 0 Å². The van der Waals surface area contributed by atoms with Gasteiger partial charge in [0.05, 0.1) is 19.0 Å². The molecule has 3 N–H and O–H groups in total. The molecule has 0 radical (unpaired) electrons. The molecule has 0 fully saturated rings. The zero-order valence-electron chi connectivity index (χ0n) is 14.5. The second-order valence-electron chi connectivity index (χ2n) is 6.08. The maximum absolute atomic E-state index is 12.3. The number of rotatable bonds is 7. The number of aliphatic imine (C=N–C) groups is 1. The number of carbonyl (C=O) groups excluding carboxylic acids is 1. The van der Waals surface area contributed by atoms with E-state index in [0.717, 1.165) is 24.2 Å². The summed E-state index contributed by atoms with van der Waals surface area (Å²) in [5.41, 5.74) is 1.70. The summed E-state index contributed by atoms with van der Waals surface area (Å²) in [6, 6.07) is 18.6. The van der Waals surface area contributed by atoms with E-state index in [2.05, 4.69) is 15.6 Å². The summed E-state index contributed by atoms with van der Waals surface area (Å²) in [6.45, 7) is 1.44. The van der Waals surface area contributed by atoms with Crippen LogP contribution in [0.5, 0.6) is 0 Å². The number of hydrogen-bond donors (Lipinski definition) is 3. The van der Waals surface area contributed by atoms with E-state index in [1.807, 2.05) is 48.5 Å². The van der Waals surface area contributed by atoms with E-state index in [9.17, 15) is 9.90 Å². The minimum atomic E-state index is -0.829. The van der Waals surface area contributed by atoms with Crippen LogP contribution in [-0.2, 0) is 9.53 Å². The molecule has 1 heterocycles. The minimum Gasteiger partial charge on any atom is -0.462 e. The van der Waals surface area contributed by atoms with E-state index in [-0.39, 0.29) is 25.0 Å². The molecule has 3 rings (SSSR count).